The van der Waals surface area contributed by atoms with E-state index >= 15 is 0 Å². The van der Waals surface area contributed by atoms with Gasteiger partial charge in [0.15, 0.2) is 0 Å². The van der Waals surface area contributed by atoms with Gasteiger partial charge in [-0.15, -0.1) is 0 Å². The van der Waals surface area contributed by atoms with Crippen LogP contribution in [0.1, 0.15) is 29.8 Å². The Kier molecular flexibility index (Phi) is 7.02. The van der Waals surface area contributed by atoms with Gasteiger partial charge in [0.2, 0.25) is 0 Å². The first-order valence-electron chi connectivity index (χ1n) is 9.73. The van der Waals surface area contributed by atoms with Gasteiger partial charge in [0.25, 0.3) is 0 Å². The molecule has 152 valence electrons. The molecule has 0 unspecified atom stereocenters. The molecule has 1 aromatic carbocycles. The van der Waals surface area contributed by atoms with E-state index < -0.39 is 11.7 Å². The van der Waals surface area contributed by atoms with Crippen LogP contribution in [0.4, 0.5) is 13.2 Å². The summed E-state index contributed by atoms with van der Waals surface area (Å²) in [6.07, 6.45) is 2.19. The monoisotopic (exact) mass is 392 g/mol. The topological polar surface area (TPSA) is 32.3 Å². The van der Waals surface area contributed by atoms with E-state index in [4.69, 9.17) is 0 Å². The van der Waals surface area contributed by atoms with Crippen LogP contribution in [0.25, 0.3) is 0 Å². The highest BCUT2D eigenvalue weighted by Crippen LogP contribution is 2.29. The van der Waals surface area contributed by atoms with Gasteiger partial charge >= 0.3 is 6.18 Å². The van der Waals surface area contributed by atoms with Crippen molar-refractivity contribution in [1.29, 1.82) is 0 Å². The van der Waals surface area contributed by atoms with Crippen LogP contribution in [-0.2, 0) is 19.1 Å². The smallest absolute Gasteiger partial charge is 0.303 e. The number of aromatic nitrogens is 2. The Hall–Kier alpha value is -1.99. The Labute approximate surface area is 164 Å². The maximum absolute atomic E-state index is 12.9. The molecule has 0 bridgehead atoms. The summed E-state index contributed by atoms with van der Waals surface area (Å²) in [5.74, 6) is 1.38. The number of halogens is 3. The van der Waals surface area contributed by atoms with Crippen LogP contribution in [0.15, 0.2) is 42.7 Å². The predicted molar refractivity (Wildman–Crippen MR) is 103 cm³/mol. The summed E-state index contributed by atoms with van der Waals surface area (Å²) < 4.78 is 38.6. The molecule has 1 aliphatic heterocycles. The maximum Gasteiger partial charge on any atom is 0.416 e. The molecule has 0 radical (unpaired) electrons. The van der Waals surface area contributed by atoms with E-state index in [1.807, 2.05) is 6.07 Å². The van der Waals surface area contributed by atoms with Crippen LogP contribution in [0.2, 0.25) is 0 Å². The Morgan fingerprint density at radius 1 is 1.18 bits per heavy atom. The predicted octanol–water partition coefficient (Wildman–Crippen LogP) is 3.88. The Morgan fingerprint density at radius 2 is 1.96 bits per heavy atom. The van der Waals surface area contributed by atoms with Gasteiger partial charge in [-0.1, -0.05) is 18.2 Å². The first-order chi connectivity index (χ1) is 13.4. The summed E-state index contributed by atoms with van der Waals surface area (Å²) in [5, 5.41) is 0. The second-order valence-electron chi connectivity index (χ2n) is 7.62. The third-order valence-corrected chi connectivity index (χ3v) is 5.17. The molecule has 0 saturated carbocycles. The summed E-state index contributed by atoms with van der Waals surface area (Å²) in [7, 11) is 2.08. The second-order valence-corrected chi connectivity index (χ2v) is 7.62. The number of hydrogen-bond donors (Lipinski definition) is 0. The van der Waals surface area contributed by atoms with E-state index in [9.17, 15) is 13.2 Å². The van der Waals surface area contributed by atoms with E-state index in [1.165, 1.54) is 18.6 Å². The first-order valence-corrected chi connectivity index (χ1v) is 9.73. The van der Waals surface area contributed by atoms with E-state index in [1.54, 1.807) is 18.5 Å². The molecular formula is C21H27F3N4. The number of likely N-dealkylation sites (tertiary alicyclic amines) is 1. The molecule has 1 aromatic heterocycles. The van der Waals surface area contributed by atoms with E-state index in [2.05, 4.69) is 26.8 Å². The minimum absolute atomic E-state index is 0.559. The molecule has 0 amide bonds. The highest BCUT2D eigenvalue weighted by molar-refractivity contribution is 5.25. The lowest BCUT2D eigenvalue weighted by atomic mass is 9.97. The summed E-state index contributed by atoms with van der Waals surface area (Å²) >= 11 is 0. The van der Waals surface area contributed by atoms with E-state index in [0.29, 0.717) is 12.3 Å². The molecule has 7 heteroatoms. The number of rotatable bonds is 7. The summed E-state index contributed by atoms with van der Waals surface area (Å²) in [6.45, 7) is 4.49. The lowest BCUT2D eigenvalue weighted by Gasteiger charge is -2.34. The number of piperidine rings is 1. The van der Waals surface area contributed by atoms with Crippen molar-refractivity contribution in [3.63, 3.8) is 0 Å². The van der Waals surface area contributed by atoms with Crippen LogP contribution in [0.3, 0.4) is 0 Å². The quantitative estimate of drug-likeness (QED) is 0.716. The fourth-order valence-electron chi connectivity index (χ4n) is 3.85. The third-order valence-electron chi connectivity index (χ3n) is 5.17. The van der Waals surface area contributed by atoms with Crippen LogP contribution < -0.4 is 0 Å². The van der Waals surface area contributed by atoms with Gasteiger partial charge in [-0.3, -0.25) is 4.90 Å². The minimum atomic E-state index is -4.28. The molecule has 0 spiro atoms. The number of nitrogens with zero attached hydrogens (tertiary/aromatic N) is 4. The third kappa shape index (κ3) is 6.27. The van der Waals surface area contributed by atoms with Crippen molar-refractivity contribution in [2.75, 3.05) is 33.2 Å². The van der Waals surface area contributed by atoms with Crippen molar-refractivity contribution in [2.24, 2.45) is 5.92 Å². The van der Waals surface area contributed by atoms with Gasteiger partial charge < -0.3 is 4.90 Å². The van der Waals surface area contributed by atoms with Crippen LogP contribution in [-0.4, -0.2) is 53.0 Å². The molecule has 0 N–H and O–H groups in total. The van der Waals surface area contributed by atoms with Gasteiger partial charge in [-0.25, -0.2) is 9.97 Å². The summed E-state index contributed by atoms with van der Waals surface area (Å²) in [5.41, 5.74) is 0.182. The molecule has 4 nitrogen and oxygen atoms in total. The summed E-state index contributed by atoms with van der Waals surface area (Å²) in [4.78, 5) is 13.2. The average Bonchev–Trinajstić information content (AvgIpc) is 2.67. The standard InChI is InChI=1S/C21H27F3N4/c1-27(16-20-25-9-4-10-26-20)14-18-6-3-11-28(15-18)12-8-17-5-2-7-19(13-17)21(22,23)24/h2,4-5,7,9-10,13,18H,3,6,8,11-12,14-16H2,1H3/t18-/m1/s1. The normalized spacial score (nSPS) is 18.5. The lowest BCUT2D eigenvalue weighted by Crippen LogP contribution is -2.40. The van der Waals surface area contributed by atoms with Crippen molar-refractivity contribution in [3.8, 4) is 0 Å². The van der Waals surface area contributed by atoms with Crippen molar-refractivity contribution in [2.45, 2.75) is 32.0 Å². The van der Waals surface area contributed by atoms with Crippen LogP contribution >= 0.6 is 0 Å². The van der Waals surface area contributed by atoms with Crippen molar-refractivity contribution in [1.82, 2.24) is 19.8 Å². The first kappa shape index (κ1) is 20.7. The molecule has 0 aliphatic carbocycles. The number of hydrogen-bond acceptors (Lipinski definition) is 4. The van der Waals surface area contributed by atoms with Crippen LogP contribution in [0, 0.1) is 5.92 Å². The molecule has 1 saturated heterocycles. The van der Waals surface area contributed by atoms with Crippen molar-refractivity contribution >= 4 is 0 Å². The van der Waals surface area contributed by atoms with Crippen LogP contribution in [0.5, 0.6) is 0 Å². The van der Waals surface area contributed by atoms with Gasteiger partial charge in [-0.05, 0) is 56.5 Å². The highest BCUT2D eigenvalue weighted by Gasteiger charge is 2.30. The maximum atomic E-state index is 12.9. The van der Waals surface area contributed by atoms with Gasteiger partial charge in [0, 0.05) is 32.0 Å². The SMILES string of the molecule is CN(Cc1ncccn1)C[C@H]1CCCN(CCc2cccc(C(F)(F)F)c2)C1. The molecule has 28 heavy (non-hydrogen) atoms. The molecule has 2 heterocycles. The molecule has 1 atom stereocenters. The molecule has 1 fully saturated rings. The fraction of sp³-hybridized carbons (Fsp3) is 0.524. The average molecular weight is 392 g/mol. The Bertz CT molecular complexity index is 736. The van der Waals surface area contributed by atoms with Crippen molar-refractivity contribution in [3.05, 3.63) is 59.7 Å². The Balaban J connectivity index is 1.47. The molecule has 1 aliphatic rings. The largest absolute Gasteiger partial charge is 0.416 e. The zero-order valence-corrected chi connectivity index (χ0v) is 16.2. The summed E-state index contributed by atoms with van der Waals surface area (Å²) in [6, 6.07) is 7.50. The van der Waals surface area contributed by atoms with E-state index in [-0.39, 0.29) is 0 Å². The highest BCUT2D eigenvalue weighted by atomic mass is 19.4. The van der Waals surface area contributed by atoms with E-state index in [0.717, 1.165) is 56.6 Å². The zero-order chi connectivity index (χ0) is 20.0. The zero-order valence-electron chi connectivity index (χ0n) is 16.2. The number of alkyl halides is 3. The lowest BCUT2D eigenvalue weighted by molar-refractivity contribution is -0.137. The van der Waals surface area contributed by atoms with Crippen molar-refractivity contribution < 1.29 is 13.2 Å². The second kappa shape index (κ2) is 9.47. The number of benzene rings is 1. The molecule has 2 aromatic rings. The van der Waals surface area contributed by atoms with Gasteiger partial charge in [0.1, 0.15) is 5.82 Å². The van der Waals surface area contributed by atoms with Gasteiger partial charge in [0.05, 0.1) is 12.1 Å². The minimum Gasteiger partial charge on any atom is -0.303 e. The molecular weight excluding hydrogens is 365 g/mol. The fourth-order valence-corrected chi connectivity index (χ4v) is 3.85. The van der Waals surface area contributed by atoms with Gasteiger partial charge in [-0.2, -0.15) is 13.2 Å². The Morgan fingerprint density at radius 3 is 2.71 bits per heavy atom. The molecule has 3 rings (SSSR count).